The number of amides is 1. The molecular weight excluding hydrogens is 312 g/mol. The molecule has 0 unspecified atom stereocenters. The van der Waals surface area contributed by atoms with Gasteiger partial charge >= 0.3 is 0 Å². The second kappa shape index (κ2) is 7.24. The summed E-state index contributed by atoms with van der Waals surface area (Å²) in [5, 5.41) is 3.46. The van der Waals surface area contributed by atoms with Crippen molar-refractivity contribution in [3.8, 4) is 0 Å². The largest absolute Gasteiger partial charge is 0.355 e. The van der Waals surface area contributed by atoms with Crippen molar-refractivity contribution in [2.75, 3.05) is 19.3 Å². The van der Waals surface area contributed by atoms with Crippen LogP contribution in [0.25, 0.3) is 0 Å². The van der Waals surface area contributed by atoms with Crippen LogP contribution in [-0.4, -0.2) is 33.7 Å². The van der Waals surface area contributed by atoms with E-state index in [9.17, 15) is 13.2 Å². The van der Waals surface area contributed by atoms with Crippen molar-refractivity contribution in [3.63, 3.8) is 0 Å². The fourth-order valence-electron chi connectivity index (χ4n) is 1.86. The molecule has 0 fully saturated rings. The third-order valence-corrected chi connectivity index (χ3v) is 4.10. The number of rotatable bonds is 7. The summed E-state index contributed by atoms with van der Waals surface area (Å²) in [5.74, 6) is -0.203. The van der Waals surface area contributed by atoms with Crippen LogP contribution in [-0.2, 0) is 20.2 Å². The molecule has 0 aliphatic rings. The van der Waals surface area contributed by atoms with Crippen LogP contribution in [0.5, 0.6) is 0 Å². The number of hydrogen-bond acceptors (Lipinski definition) is 3. The summed E-state index contributed by atoms with van der Waals surface area (Å²) in [7, 11) is -3.26. The van der Waals surface area contributed by atoms with Gasteiger partial charge in [-0.05, 0) is 11.6 Å². The maximum absolute atomic E-state index is 11.7. The molecule has 0 bridgehead atoms. The SMILES string of the molecule is CC(C)(CNC(=O)CCNS(C)(=O)=O)c1ccccc1Cl. The van der Waals surface area contributed by atoms with Crippen LogP contribution in [0.1, 0.15) is 25.8 Å². The number of benzene rings is 1. The van der Waals surface area contributed by atoms with Crippen molar-refractivity contribution in [2.45, 2.75) is 25.7 Å². The minimum atomic E-state index is -3.26. The van der Waals surface area contributed by atoms with Gasteiger partial charge in [-0.1, -0.05) is 43.6 Å². The quantitative estimate of drug-likeness (QED) is 0.797. The highest BCUT2D eigenvalue weighted by Gasteiger charge is 2.23. The van der Waals surface area contributed by atoms with E-state index in [0.717, 1.165) is 11.8 Å². The Hall–Kier alpha value is -1.11. The maximum atomic E-state index is 11.7. The van der Waals surface area contributed by atoms with Crippen molar-refractivity contribution in [3.05, 3.63) is 34.9 Å². The minimum absolute atomic E-state index is 0.0944. The molecule has 2 N–H and O–H groups in total. The van der Waals surface area contributed by atoms with Gasteiger partial charge in [-0.25, -0.2) is 13.1 Å². The Balaban J connectivity index is 2.50. The van der Waals surface area contributed by atoms with Gasteiger partial charge in [0.2, 0.25) is 15.9 Å². The van der Waals surface area contributed by atoms with Crippen LogP contribution < -0.4 is 10.0 Å². The fourth-order valence-corrected chi connectivity index (χ4v) is 2.73. The molecule has 0 aromatic heterocycles. The van der Waals surface area contributed by atoms with Crippen molar-refractivity contribution in [1.29, 1.82) is 0 Å². The Morgan fingerprint density at radius 3 is 2.48 bits per heavy atom. The normalized spacial score (nSPS) is 12.2. The van der Waals surface area contributed by atoms with Gasteiger partial charge in [-0.2, -0.15) is 0 Å². The zero-order valence-corrected chi connectivity index (χ0v) is 14.0. The molecule has 7 heteroatoms. The van der Waals surface area contributed by atoms with Gasteiger partial charge in [-0.15, -0.1) is 0 Å². The Labute approximate surface area is 131 Å². The number of hydrogen-bond donors (Lipinski definition) is 2. The molecule has 0 atom stereocenters. The highest BCUT2D eigenvalue weighted by Crippen LogP contribution is 2.28. The van der Waals surface area contributed by atoms with E-state index < -0.39 is 10.0 Å². The van der Waals surface area contributed by atoms with E-state index in [1.54, 1.807) is 0 Å². The van der Waals surface area contributed by atoms with E-state index in [-0.39, 0.29) is 24.3 Å². The fraction of sp³-hybridized carbons (Fsp3) is 0.500. The van der Waals surface area contributed by atoms with Crippen molar-refractivity contribution in [2.24, 2.45) is 0 Å². The Bertz CT molecular complexity index is 600. The lowest BCUT2D eigenvalue weighted by molar-refractivity contribution is -0.121. The number of nitrogens with one attached hydrogen (secondary N) is 2. The van der Waals surface area contributed by atoms with E-state index in [2.05, 4.69) is 10.0 Å². The van der Waals surface area contributed by atoms with Gasteiger partial charge < -0.3 is 5.32 Å². The van der Waals surface area contributed by atoms with Gasteiger partial charge in [0.25, 0.3) is 0 Å². The van der Waals surface area contributed by atoms with Crippen molar-refractivity contribution >= 4 is 27.5 Å². The lowest BCUT2D eigenvalue weighted by atomic mass is 9.84. The van der Waals surface area contributed by atoms with E-state index in [4.69, 9.17) is 11.6 Å². The molecule has 1 amide bonds. The van der Waals surface area contributed by atoms with Crippen LogP contribution in [0.15, 0.2) is 24.3 Å². The van der Waals surface area contributed by atoms with E-state index in [0.29, 0.717) is 11.6 Å². The molecule has 1 rings (SSSR count). The van der Waals surface area contributed by atoms with Gasteiger partial charge in [0.15, 0.2) is 0 Å². The molecule has 0 aliphatic heterocycles. The predicted octanol–water partition coefficient (Wildman–Crippen LogP) is 1.67. The minimum Gasteiger partial charge on any atom is -0.355 e. The number of sulfonamides is 1. The van der Waals surface area contributed by atoms with E-state index in [1.165, 1.54) is 0 Å². The van der Waals surface area contributed by atoms with Gasteiger partial charge in [0.05, 0.1) is 6.26 Å². The molecule has 1 aromatic carbocycles. The molecule has 0 saturated heterocycles. The van der Waals surface area contributed by atoms with Gasteiger partial charge in [-0.3, -0.25) is 4.79 Å². The van der Waals surface area contributed by atoms with Gasteiger partial charge in [0.1, 0.15) is 0 Å². The smallest absolute Gasteiger partial charge is 0.221 e. The van der Waals surface area contributed by atoms with Gasteiger partial charge in [0, 0.05) is 29.9 Å². The Morgan fingerprint density at radius 2 is 1.90 bits per heavy atom. The van der Waals surface area contributed by atoms with Crippen LogP contribution in [0.3, 0.4) is 0 Å². The molecule has 0 saturated carbocycles. The maximum Gasteiger partial charge on any atom is 0.221 e. The molecule has 5 nitrogen and oxygen atoms in total. The zero-order chi connectivity index (χ0) is 16.1. The first kappa shape index (κ1) is 17.9. The Morgan fingerprint density at radius 1 is 1.29 bits per heavy atom. The van der Waals surface area contributed by atoms with E-state index in [1.807, 2.05) is 38.1 Å². The first-order valence-corrected chi connectivity index (χ1v) is 8.85. The topological polar surface area (TPSA) is 75.3 Å². The predicted molar refractivity (Wildman–Crippen MR) is 85.0 cm³/mol. The lowest BCUT2D eigenvalue weighted by Crippen LogP contribution is -2.38. The molecule has 1 aromatic rings. The highest BCUT2D eigenvalue weighted by molar-refractivity contribution is 7.88. The summed E-state index contributed by atoms with van der Waals surface area (Å²) >= 11 is 6.17. The van der Waals surface area contributed by atoms with Crippen molar-refractivity contribution in [1.82, 2.24) is 10.0 Å². The second-order valence-electron chi connectivity index (χ2n) is 5.56. The summed E-state index contributed by atoms with van der Waals surface area (Å²) < 4.78 is 24.1. The van der Waals surface area contributed by atoms with Crippen LogP contribution >= 0.6 is 11.6 Å². The average Bonchev–Trinajstić information content (AvgIpc) is 2.35. The second-order valence-corrected chi connectivity index (χ2v) is 7.80. The molecule has 118 valence electrons. The summed E-state index contributed by atoms with van der Waals surface area (Å²) in [6.07, 6.45) is 1.16. The molecule has 21 heavy (non-hydrogen) atoms. The molecule has 0 radical (unpaired) electrons. The van der Waals surface area contributed by atoms with Crippen molar-refractivity contribution < 1.29 is 13.2 Å². The molecule has 0 spiro atoms. The molecular formula is C14H21ClN2O3S. The summed E-state index contributed by atoms with van der Waals surface area (Å²) in [5.41, 5.74) is 0.652. The number of carbonyl (C=O) groups is 1. The first-order chi connectivity index (χ1) is 9.62. The molecule has 0 aliphatic carbocycles. The van der Waals surface area contributed by atoms with Crippen LogP contribution in [0, 0.1) is 0 Å². The number of carbonyl (C=O) groups excluding carboxylic acids is 1. The monoisotopic (exact) mass is 332 g/mol. The number of halogens is 1. The lowest BCUT2D eigenvalue weighted by Gasteiger charge is -2.26. The van der Waals surface area contributed by atoms with Crippen LogP contribution in [0.4, 0.5) is 0 Å². The summed E-state index contributed by atoms with van der Waals surface area (Å²) in [4.78, 5) is 11.7. The summed E-state index contributed by atoms with van der Waals surface area (Å²) in [6.45, 7) is 4.50. The average molecular weight is 333 g/mol. The third kappa shape index (κ3) is 6.46. The van der Waals surface area contributed by atoms with Crippen LogP contribution in [0.2, 0.25) is 5.02 Å². The highest BCUT2D eigenvalue weighted by atomic mass is 35.5. The molecule has 0 heterocycles. The summed E-state index contributed by atoms with van der Waals surface area (Å²) in [6, 6.07) is 7.51. The standard InChI is InChI=1S/C14H21ClN2O3S/c1-14(2,11-6-4-5-7-12(11)15)10-16-13(18)8-9-17-21(3,19)20/h4-7,17H,8-10H2,1-3H3,(H,16,18). The first-order valence-electron chi connectivity index (χ1n) is 6.58. The third-order valence-electron chi connectivity index (χ3n) is 3.05. The van der Waals surface area contributed by atoms with E-state index >= 15 is 0 Å². The zero-order valence-electron chi connectivity index (χ0n) is 12.4. The Kier molecular flexibility index (Phi) is 6.19.